The average molecular weight is 634 g/mol. The van der Waals surface area contributed by atoms with E-state index in [4.69, 9.17) is 9.97 Å². The predicted octanol–water partition coefficient (Wildman–Crippen LogP) is 12.3. The molecule has 3 nitrogen and oxygen atoms in total. The molecule has 0 amide bonds. The Balaban J connectivity index is 1.37. The molecule has 47 heavy (non-hydrogen) atoms. The van der Waals surface area contributed by atoms with Crippen LogP contribution in [0.2, 0.25) is 0 Å². The molecule has 0 radical (unpaired) electrons. The zero-order valence-electron chi connectivity index (χ0n) is 24.9. The Morgan fingerprint density at radius 2 is 1.15 bits per heavy atom. The first-order chi connectivity index (χ1) is 23.3. The van der Waals surface area contributed by atoms with Gasteiger partial charge in [-0.25, -0.2) is 9.97 Å². The van der Waals surface area contributed by atoms with Crippen LogP contribution < -0.4 is 0 Å². The summed E-state index contributed by atoms with van der Waals surface area (Å²) in [7, 11) is 0. The molecule has 0 spiro atoms. The summed E-state index contributed by atoms with van der Waals surface area (Å²) in [4.78, 5) is 11.0. The van der Waals surface area contributed by atoms with E-state index in [9.17, 15) is 0 Å². The zero-order valence-corrected chi connectivity index (χ0v) is 26.6. The van der Waals surface area contributed by atoms with Crippen molar-refractivity contribution in [2.75, 3.05) is 0 Å². The molecule has 4 heterocycles. The Labute approximate surface area is 276 Å². The second-order valence-electron chi connectivity index (χ2n) is 12.1. The normalized spacial score (nSPS) is 12.3. The van der Waals surface area contributed by atoms with E-state index >= 15 is 0 Å². The molecule has 0 saturated carbocycles. The summed E-state index contributed by atoms with van der Waals surface area (Å²) >= 11 is 3.69. The summed E-state index contributed by atoms with van der Waals surface area (Å²) in [5, 5.41) is 11.2. The van der Waals surface area contributed by atoms with Crippen molar-refractivity contribution in [2.45, 2.75) is 0 Å². The van der Waals surface area contributed by atoms with Crippen LogP contribution in [0.25, 0.3) is 101 Å². The summed E-state index contributed by atoms with van der Waals surface area (Å²) in [6, 6.07) is 50.1. The monoisotopic (exact) mass is 633 g/mol. The van der Waals surface area contributed by atoms with Gasteiger partial charge in [0.2, 0.25) is 5.95 Å². The molecule has 0 aliphatic rings. The molecule has 4 aromatic heterocycles. The standard InChI is InChI=1S/C42H23N3S2/c1-2-13-25(14-3-1)36-41-37(31-23-22-24-12-4-5-15-26(24)39(31)47-41)44-42(43-36)45-32-20-10-8-18-29(32)34-35-30-19-9-11-21-33(30)46-40(35)28-17-7-6-16-27(28)38(34)45/h1-23H. The van der Waals surface area contributed by atoms with Gasteiger partial charge in [0.25, 0.3) is 0 Å². The molecule has 7 aromatic carbocycles. The van der Waals surface area contributed by atoms with E-state index in [1.807, 2.05) is 11.3 Å². The van der Waals surface area contributed by atoms with Crippen LogP contribution in [0.4, 0.5) is 0 Å². The van der Waals surface area contributed by atoms with Gasteiger partial charge in [-0.1, -0.05) is 127 Å². The molecule has 0 aliphatic carbocycles. The molecule has 5 heteroatoms. The van der Waals surface area contributed by atoms with Crippen LogP contribution in [0.3, 0.4) is 0 Å². The second-order valence-corrected chi connectivity index (χ2v) is 14.2. The summed E-state index contributed by atoms with van der Waals surface area (Å²) < 4.78 is 7.33. The summed E-state index contributed by atoms with van der Waals surface area (Å²) in [5.74, 6) is 0.694. The summed E-state index contributed by atoms with van der Waals surface area (Å²) in [6.45, 7) is 0. The Morgan fingerprint density at radius 1 is 0.447 bits per heavy atom. The van der Waals surface area contributed by atoms with Crippen LogP contribution in [-0.2, 0) is 0 Å². The quantitative estimate of drug-likeness (QED) is 0.190. The van der Waals surface area contributed by atoms with E-state index in [1.165, 1.54) is 62.6 Å². The van der Waals surface area contributed by atoms with Crippen molar-refractivity contribution >= 4 is 106 Å². The number of thiophene rings is 2. The molecule has 11 rings (SSSR count). The Bertz CT molecular complexity index is 3070. The number of nitrogens with zero attached hydrogens (tertiary/aromatic N) is 3. The largest absolute Gasteiger partial charge is 0.277 e. The third-order valence-corrected chi connectivity index (χ3v) is 12.0. The molecule has 0 fully saturated rings. The van der Waals surface area contributed by atoms with Gasteiger partial charge in [-0.15, -0.1) is 22.7 Å². The molecular formula is C42H23N3S2. The Hall–Kier alpha value is -5.62. The maximum Gasteiger partial charge on any atom is 0.235 e. The predicted molar refractivity (Wildman–Crippen MR) is 203 cm³/mol. The van der Waals surface area contributed by atoms with E-state index in [0.717, 1.165) is 32.5 Å². The van der Waals surface area contributed by atoms with Crippen molar-refractivity contribution in [3.05, 3.63) is 140 Å². The first-order valence-corrected chi connectivity index (χ1v) is 17.4. The van der Waals surface area contributed by atoms with Gasteiger partial charge in [0.05, 0.1) is 26.9 Å². The SMILES string of the molecule is c1ccc(-c2nc(-n3c4ccccc4c4c5c6ccccc6sc5c5ccccc5c43)nc3c2sc2c4ccccc4ccc32)cc1. The number of para-hydroxylation sites is 1. The lowest BCUT2D eigenvalue weighted by atomic mass is 10.00. The third-order valence-electron chi connectivity index (χ3n) is 9.59. The van der Waals surface area contributed by atoms with Gasteiger partial charge in [-0.05, 0) is 22.9 Å². The minimum absolute atomic E-state index is 0.694. The molecule has 0 atom stereocenters. The fraction of sp³-hybridized carbons (Fsp3) is 0. The highest BCUT2D eigenvalue weighted by Crippen LogP contribution is 2.48. The number of benzene rings is 7. The number of hydrogen-bond acceptors (Lipinski definition) is 4. The fourth-order valence-electron chi connectivity index (χ4n) is 7.58. The van der Waals surface area contributed by atoms with Crippen LogP contribution >= 0.6 is 22.7 Å². The van der Waals surface area contributed by atoms with Gasteiger partial charge < -0.3 is 0 Å². The molecule has 0 N–H and O–H groups in total. The lowest BCUT2D eigenvalue weighted by Gasteiger charge is -2.12. The van der Waals surface area contributed by atoms with E-state index in [1.54, 1.807) is 11.3 Å². The van der Waals surface area contributed by atoms with Crippen LogP contribution in [0.1, 0.15) is 0 Å². The smallest absolute Gasteiger partial charge is 0.235 e. The van der Waals surface area contributed by atoms with Crippen molar-refractivity contribution < 1.29 is 0 Å². The van der Waals surface area contributed by atoms with Crippen molar-refractivity contribution in [3.8, 4) is 17.2 Å². The van der Waals surface area contributed by atoms with E-state index in [2.05, 4.69) is 144 Å². The van der Waals surface area contributed by atoms with Gasteiger partial charge in [0, 0.05) is 57.4 Å². The molecular weight excluding hydrogens is 611 g/mol. The zero-order chi connectivity index (χ0) is 30.6. The Kier molecular flexibility index (Phi) is 5.14. The molecule has 0 unspecified atom stereocenters. The number of aromatic nitrogens is 3. The highest BCUT2D eigenvalue weighted by molar-refractivity contribution is 7.27. The van der Waals surface area contributed by atoms with Gasteiger partial charge in [-0.2, -0.15) is 0 Å². The molecule has 0 bridgehead atoms. The van der Waals surface area contributed by atoms with Crippen molar-refractivity contribution in [1.82, 2.24) is 14.5 Å². The highest BCUT2D eigenvalue weighted by Gasteiger charge is 2.24. The van der Waals surface area contributed by atoms with Crippen molar-refractivity contribution in [2.24, 2.45) is 0 Å². The average Bonchev–Trinajstić information content (AvgIpc) is 3.82. The first kappa shape index (κ1) is 25.6. The highest BCUT2D eigenvalue weighted by atomic mass is 32.1. The van der Waals surface area contributed by atoms with Crippen LogP contribution in [0.5, 0.6) is 0 Å². The fourth-order valence-corrected chi connectivity index (χ4v) is 10.1. The van der Waals surface area contributed by atoms with Crippen LogP contribution in [0, 0.1) is 0 Å². The van der Waals surface area contributed by atoms with Crippen LogP contribution in [-0.4, -0.2) is 14.5 Å². The topological polar surface area (TPSA) is 30.7 Å². The maximum atomic E-state index is 5.50. The van der Waals surface area contributed by atoms with E-state index in [-0.39, 0.29) is 0 Å². The van der Waals surface area contributed by atoms with E-state index < -0.39 is 0 Å². The summed E-state index contributed by atoms with van der Waals surface area (Å²) in [6.07, 6.45) is 0. The lowest BCUT2D eigenvalue weighted by Crippen LogP contribution is -2.03. The summed E-state index contributed by atoms with van der Waals surface area (Å²) in [5.41, 5.74) is 5.32. The molecule has 11 aromatic rings. The maximum absolute atomic E-state index is 5.50. The van der Waals surface area contributed by atoms with Gasteiger partial charge in [0.15, 0.2) is 0 Å². The number of rotatable bonds is 2. The number of fused-ring (bicyclic) bond motifs is 15. The van der Waals surface area contributed by atoms with Crippen molar-refractivity contribution in [3.63, 3.8) is 0 Å². The van der Waals surface area contributed by atoms with Crippen molar-refractivity contribution in [1.29, 1.82) is 0 Å². The first-order valence-electron chi connectivity index (χ1n) is 15.8. The van der Waals surface area contributed by atoms with Gasteiger partial charge in [0.1, 0.15) is 0 Å². The van der Waals surface area contributed by atoms with E-state index in [0.29, 0.717) is 5.95 Å². The Morgan fingerprint density at radius 3 is 2.02 bits per heavy atom. The third kappa shape index (κ3) is 3.45. The lowest BCUT2D eigenvalue weighted by molar-refractivity contribution is 1.02. The number of hydrogen-bond donors (Lipinski definition) is 0. The van der Waals surface area contributed by atoms with Crippen LogP contribution in [0.15, 0.2) is 140 Å². The minimum atomic E-state index is 0.694. The van der Waals surface area contributed by atoms with Gasteiger partial charge >= 0.3 is 0 Å². The minimum Gasteiger partial charge on any atom is -0.277 e. The van der Waals surface area contributed by atoms with Gasteiger partial charge in [-0.3, -0.25) is 4.57 Å². The second kappa shape index (κ2) is 9.46. The molecule has 0 saturated heterocycles. The molecule has 218 valence electrons. The molecule has 0 aliphatic heterocycles.